The predicted molar refractivity (Wildman–Crippen MR) is 89.8 cm³/mol. The van der Waals surface area contributed by atoms with E-state index in [1.807, 2.05) is 32.0 Å². The molecule has 2 rings (SSSR count). The predicted octanol–water partition coefficient (Wildman–Crippen LogP) is 2.65. The third kappa shape index (κ3) is 4.05. The molecule has 0 unspecified atom stereocenters. The van der Waals surface area contributed by atoms with Crippen molar-refractivity contribution in [1.29, 1.82) is 0 Å². The Kier molecular flexibility index (Phi) is 5.66. The van der Waals surface area contributed by atoms with Crippen LogP contribution >= 0.6 is 0 Å². The fraction of sp³-hybridized carbons (Fsp3) is 0.263. The average Bonchev–Trinajstić information content (AvgIpc) is 2.56. The van der Waals surface area contributed by atoms with Crippen LogP contribution in [-0.2, 0) is 0 Å². The molecule has 0 spiro atoms. The minimum atomic E-state index is -0.298. The first kappa shape index (κ1) is 16.9. The molecule has 2 aromatic carbocycles. The number of nitrogens with one attached hydrogen (secondary N) is 1. The van der Waals surface area contributed by atoms with Gasteiger partial charge in [-0.3, -0.25) is 9.59 Å². The molecule has 0 aromatic heterocycles. The van der Waals surface area contributed by atoms with Crippen LogP contribution in [0.1, 0.15) is 43.8 Å². The lowest BCUT2D eigenvalue weighted by atomic mass is 9.94. The van der Waals surface area contributed by atoms with E-state index in [9.17, 15) is 9.59 Å². The fourth-order valence-electron chi connectivity index (χ4n) is 2.38. The zero-order chi connectivity index (χ0) is 16.8. The zero-order valence-corrected chi connectivity index (χ0v) is 13.4. The van der Waals surface area contributed by atoms with Gasteiger partial charge >= 0.3 is 0 Å². The molecule has 0 aliphatic carbocycles. The summed E-state index contributed by atoms with van der Waals surface area (Å²) in [4.78, 5) is 25.1. The summed E-state index contributed by atoms with van der Waals surface area (Å²) in [7, 11) is 0. The van der Waals surface area contributed by atoms with Gasteiger partial charge in [0, 0.05) is 24.3 Å². The minimum absolute atomic E-state index is 0.0172. The summed E-state index contributed by atoms with van der Waals surface area (Å²) in [6.45, 7) is 4.21. The Morgan fingerprint density at radius 2 is 1.70 bits per heavy atom. The van der Waals surface area contributed by atoms with Crippen LogP contribution in [-0.4, -0.2) is 29.9 Å². The normalized spacial score (nSPS) is 10.4. The van der Waals surface area contributed by atoms with E-state index in [0.717, 1.165) is 11.1 Å². The Labute approximate surface area is 136 Å². The molecule has 0 saturated carbocycles. The second-order valence-electron chi connectivity index (χ2n) is 5.53. The Balaban J connectivity index is 2.34. The van der Waals surface area contributed by atoms with Crippen LogP contribution in [0.4, 0.5) is 0 Å². The summed E-state index contributed by atoms with van der Waals surface area (Å²) in [5.74, 6) is -0.452. The Hall–Kier alpha value is -2.46. The second-order valence-corrected chi connectivity index (χ2v) is 5.53. The molecule has 23 heavy (non-hydrogen) atoms. The van der Waals surface area contributed by atoms with Crippen molar-refractivity contribution in [2.75, 3.05) is 13.2 Å². The molecule has 0 heterocycles. The smallest absolute Gasteiger partial charge is 0.252 e. The van der Waals surface area contributed by atoms with Crippen molar-refractivity contribution in [3.8, 4) is 0 Å². The molecular formula is C19H21NO3. The molecule has 1 amide bonds. The highest BCUT2D eigenvalue weighted by Gasteiger charge is 2.19. The van der Waals surface area contributed by atoms with Crippen molar-refractivity contribution in [1.82, 2.24) is 5.32 Å². The van der Waals surface area contributed by atoms with Crippen LogP contribution in [0.5, 0.6) is 0 Å². The maximum Gasteiger partial charge on any atom is 0.252 e. The number of carbonyl (C=O) groups is 2. The standard InChI is InChI=1S/C19H21NO3/c1-13-8-9-14(2)17(12-13)18(22)15-6-3-4-7-16(15)19(23)20-10-5-11-21/h3-4,6-9,12,21H,5,10-11H2,1-2H3,(H,20,23). The number of hydrogen-bond acceptors (Lipinski definition) is 3. The molecule has 120 valence electrons. The van der Waals surface area contributed by atoms with E-state index in [1.165, 1.54) is 0 Å². The van der Waals surface area contributed by atoms with Gasteiger partial charge in [-0.15, -0.1) is 0 Å². The fourth-order valence-corrected chi connectivity index (χ4v) is 2.38. The van der Waals surface area contributed by atoms with Gasteiger partial charge in [0.05, 0.1) is 5.56 Å². The quantitative estimate of drug-likeness (QED) is 0.636. The monoisotopic (exact) mass is 311 g/mol. The summed E-state index contributed by atoms with van der Waals surface area (Å²) < 4.78 is 0. The minimum Gasteiger partial charge on any atom is -0.396 e. The first-order valence-corrected chi connectivity index (χ1v) is 7.64. The summed E-state index contributed by atoms with van der Waals surface area (Å²) in [6, 6.07) is 12.5. The van der Waals surface area contributed by atoms with Crippen LogP contribution in [0, 0.1) is 13.8 Å². The molecule has 0 aliphatic rings. The van der Waals surface area contributed by atoms with E-state index >= 15 is 0 Å². The summed E-state index contributed by atoms with van der Waals surface area (Å²) in [6.07, 6.45) is 0.485. The van der Waals surface area contributed by atoms with E-state index < -0.39 is 0 Å². The van der Waals surface area contributed by atoms with E-state index in [0.29, 0.717) is 29.7 Å². The van der Waals surface area contributed by atoms with Crippen molar-refractivity contribution < 1.29 is 14.7 Å². The van der Waals surface area contributed by atoms with Gasteiger partial charge in [0.25, 0.3) is 5.91 Å². The number of aliphatic hydroxyl groups is 1. The van der Waals surface area contributed by atoms with Crippen LogP contribution in [0.25, 0.3) is 0 Å². The van der Waals surface area contributed by atoms with Crippen molar-refractivity contribution in [2.24, 2.45) is 0 Å². The van der Waals surface area contributed by atoms with Gasteiger partial charge in [-0.25, -0.2) is 0 Å². The lowest BCUT2D eigenvalue weighted by molar-refractivity contribution is 0.0939. The Bertz CT molecular complexity index is 722. The number of hydrogen-bond donors (Lipinski definition) is 2. The SMILES string of the molecule is Cc1ccc(C)c(C(=O)c2ccccc2C(=O)NCCCO)c1. The molecule has 0 aliphatic heterocycles. The van der Waals surface area contributed by atoms with E-state index in [2.05, 4.69) is 5.32 Å². The number of carbonyl (C=O) groups excluding carboxylic acids is 2. The molecule has 0 atom stereocenters. The first-order valence-electron chi connectivity index (χ1n) is 7.64. The zero-order valence-electron chi connectivity index (χ0n) is 13.4. The highest BCUT2D eigenvalue weighted by molar-refractivity contribution is 6.15. The van der Waals surface area contributed by atoms with Gasteiger partial charge in [0.15, 0.2) is 5.78 Å². The number of aliphatic hydroxyl groups excluding tert-OH is 1. The summed E-state index contributed by atoms with van der Waals surface area (Å²) in [5.41, 5.74) is 3.25. The Morgan fingerprint density at radius 1 is 1.00 bits per heavy atom. The summed E-state index contributed by atoms with van der Waals surface area (Å²) >= 11 is 0. The lowest BCUT2D eigenvalue weighted by Gasteiger charge is -2.11. The van der Waals surface area contributed by atoms with Crippen molar-refractivity contribution in [2.45, 2.75) is 20.3 Å². The molecule has 0 radical (unpaired) electrons. The van der Waals surface area contributed by atoms with Crippen molar-refractivity contribution in [3.05, 3.63) is 70.3 Å². The van der Waals surface area contributed by atoms with Crippen LogP contribution < -0.4 is 5.32 Å². The number of ketones is 1. The van der Waals surface area contributed by atoms with Gasteiger partial charge < -0.3 is 10.4 Å². The van der Waals surface area contributed by atoms with Gasteiger partial charge in [-0.1, -0.05) is 35.9 Å². The van der Waals surface area contributed by atoms with Crippen molar-refractivity contribution >= 4 is 11.7 Å². The molecule has 0 saturated heterocycles. The van der Waals surface area contributed by atoms with E-state index in [-0.39, 0.29) is 18.3 Å². The third-order valence-electron chi connectivity index (χ3n) is 3.67. The number of amides is 1. The van der Waals surface area contributed by atoms with Gasteiger partial charge in [-0.05, 0) is 38.0 Å². The molecule has 4 heteroatoms. The van der Waals surface area contributed by atoms with Gasteiger partial charge in [0.1, 0.15) is 0 Å². The third-order valence-corrected chi connectivity index (χ3v) is 3.67. The summed E-state index contributed by atoms with van der Waals surface area (Å²) in [5, 5.41) is 11.5. The highest BCUT2D eigenvalue weighted by atomic mass is 16.3. The molecular weight excluding hydrogens is 290 g/mol. The van der Waals surface area contributed by atoms with Crippen LogP contribution in [0.3, 0.4) is 0 Å². The molecule has 2 N–H and O–H groups in total. The maximum atomic E-state index is 12.9. The second kappa shape index (κ2) is 7.70. The highest BCUT2D eigenvalue weighted by Crippen LogP contribution is 2.19. The number of aryl methyl sites for hydroxylation is 2. The van der Waals surface area contributed by atoms with Gasteiger partial charge in [0.2, 0.25) is 0 Å². The molecule has 4 nitrogen and oxygen atoms in total. The van der Waals surface area contributed by atoms with Gasteiger partial charge in [-0.2, -0.15) is 0 Å². The molecule has 2 aromatic rings. The number of rotatable bonds is 6. The molecule has 0 bridgehead atoms. The van der Waals surface area contributed by atoms with E-state index in [1.54, 1.807) is 24.3 Å². The largest absolute Gasteiger partial charge is 0.396 e. The first-order chi connectivity index (χ1) is 11.0. The lowest BCUT2D eigenvalue weighted by Crippen LogP contribution is -2.27. The van der Waals surface area contributed by atoms with E-state index in [4.69, 9.17) is 5.11 Å². The number of benzene rings is 2. The van der Waals surface area contributed by atoms with Crippen molar-refractivity contribution in [3.63, 3.8) is 0 Å². The average molecular weight is 311 g/mol. The van der Waals surface area contributed by atoms with Crippen LogP contribution in [0.15, 0.2) is 42.5 Å². The topological polar surface area (TPSA) is 66.4 Å². The Morgan fingerprint density at radius 3 is 2.39 bits per heavy atom. The maximum absolute atomic E-state index is 12.9. The van der Waals surface area contributed by atoms with Crippen LogP contribution in [0.2, 0.25) is 0 Å². The molecule has 0 fully saturated rings.